The Balaban J connectivity index is 2.39. The summed E-state index contributed by atoms with van der Waals surface area (Å²) in [6.07, 6.45) is 1.59. The quantitative estimate of drug-likeness (QED) is 0.588. The van der Waals surface area contributed by atoms with Crippen molar-refractivity contribution in [3.63, 3.8) is 0 Å². The molecular weight excluding hydrogens is 192 g/mol. The van der Waals surface area contributed by atoms with Crippen LogP contribution in [0, 0.1) is 17.8 Å². The molecule has 1 aliphatic heterocycles. The van der Waals surface area contributed by atoms with Gasteiger partial charge in [0.05, 0.1) is 19.3 Å². The third-order valence-electron chi connectivity index (χ3n) is 4.27. The number of fused-ring (bicyclic) bond motifs is 1. The molecule has 1 saturated heterocycles. The van der Waals surface area contributed by atoms with Gasteiger partial charge in [0.15, 0.2) is 0 Å². The summed E-state index contributed by atoms with van der Waals surface area (Å²) in [5.74, 6) is 0.00965. The molecule has 5 atom stereocenters. The van der Waals surface area contributed by atoms with Gasteiger partial charge in [-0.1, -0.05) is 25.5 Å². The average Bonchev–Trinajstić information content (AvgIpc) is 2.55. The summed E-state index contributed by atoms with van der Waals surface area (Å²) >= 11 is 0. The van der Waals surface area contributed by atoms with Crippen LogP contribution in [0.5, 0.6) is 0 Å². The number of aliphatic hydroxyl groups excluding tert-OH is 1. The Morgan fingerprint density at radius 3 is 2.80 bits per heavy atom. The predicted molar refractivity (Wildman–Crippen MR) is 57.4 cm³/mol. The molecule has 0 spiro atoms. The summed E-state index contributed by atoms with van der Waals surface area (Å²) in [5, 5.41) is 20.7. The van der Waals surface area contributed by atoms with Gasteiger partial charge in [-0.15, -0.1) is 0 Å². The summed E-state index contributed by atoms with van der Waals surface area (Å²) in [4.78, 5) is 0. The number of ether oxygens (including phenoxy) is 1. The molecule has 0 aromatic rings. The largest absolute Gasteiger partial charge is 0.392 e. The van der Waals surface area contributed by atoms with E-state index in [2.05, 4.69) is 6.08 Å². The smallest absolute Gasteiger partial charge is 0.101 e. The molecule has 1 fully saturated rings. The lowest BCUT2D eigenvalue weighted by atomic mass is 9.77. The molecule has 0 bridgehead atoms. The highest BCUT2D eigenvalue weighted by Gasteiger charge is 2.50. The van der Waals surface area contributed by atoms with Crippen LogP contribution in [-0.4, -0.2) is 35.1 Å². The van der Waals surface area contributed by atoms with Crippen LogP contribution in [0.1, 0.15) is 20.8 Å². The van der Waals surface area contributed by atoms with Gasteiger partial charge in [-0.25, -0.2) is 0 Å². The summed E-state index contributed by atoms with van der Waals surface area (Å²) in [6, 6.07) is 0. The van der Waals surface area contributed by atoms with Crippen molar-refractivity contribution in [3.05, 3.63) is 11.6 Å². The van der Waals surface area contributed by atoms with Crippen LogP contribution in [0.25, 0.3) is 0 Å². The molecule has 86 valence electrons. The van der Waals surface area contributed by atoms with Crippen LogP contribution in [0.3, 0.4) is 0 Å². The fourth-order valence-corrected chi connectivity index (χ4v) is 2.73. The van der Waals surface area contributed by atoms with Crippen LogP contribution in [0.4, 0.5) is 0 Å². The van der Waals surface area contributed by atoms with Gasteiger partial charge in [-0.2, -0.15) is 0 Å². The molecule has 0 unspecified atom stereocenters. The maximum atomic E-state index is 10.5. The maximum Gasteiger partial charge on any atom is 0.101 e. The van der Waals surface area contributed by atoms with Crippen LogP contribution in [-0.2, 0) is 4.74 Å². The second kappa shape index (κ2) is 3.58. The van der Waals surface area contributed by atoms with E-state index in [-0.39, 0.29) is 17.8 Å². The van der Waals surface area contributed by atoms with Gasteiger partial charge in [0.25, 0.3) is 0 Å². The number of rotatable bonds is 0. The van der Waals surface area contributed by atoms with Crippen LogP contribution < -0.4 is 0 Å². The first-order chi connectivity index (χ1) is 6.97. The third kappa shape index (κ3) is 1.53. The molecule has 1 aliphatic carbocycles. The molecule has 0 aromatic carbocycles. The van der Waals surface area contributed by atoms with E-state index < -0.39 is 11.7 Å². The molecule has 0 radical (unpaired) electrons. The Morgan fingerprint density at radius 2 is 2.13 bits per heavy atom. The molecule has 1 heterocycles. The minimum atomic E-state index is -0.883. The zero-order chi connectivity index (χ0) is 11.2. The monoisotopic (exact) mass is 212 g/mol. The van der Waals surface area contributed by atoms with Gasteiger partial charge < -0.3 is 14.9 Å². The number of aliphatic hydroxyl groups is 2. The Hall–Kier alpha value is -0.380. The van der Waals surface area contributed by atoms with E-state index in [0.717, 1.165) is 5.57 Å². The van der Waals surface area contributed by atoms with Crippen molar-refractivity contribution in [2.75, 3.05) is 13.2 Å². The highest BCUT2D eigenvalue weighted by molar-refractivity contribution is 5.18. The topological polar surface area (TPSA) is 49.7 Å². The molecule has 0 saturated carbocycles. The van der Waals surface area contributed by atoms with Gasteiger partial charge >= 0.3 is 0 Å². The molecule has 3 heteroatoms. The molecular formula is C12H20O3. The van der Waals surface area contributed by atoms with E-state index in [0.29, 0.717) is 13.2 Å². The Labute approximate surface area is 90.8 Å². The van der Waals surface area contributed by atoms with E-state index in [1.807, 2.05) is 20.8 Å². The summed E-state index contributed by atoms with van der Waals surface area (Å²) in [7, 11) is 0. The lowest BCUT2D eigenvalue weighted by Crippen LogP contribution is -2.48. The standard InChI is InChI=1S/C12H20O3/c1-7-4-10-5-15-6-12(10,14)9(3)11(13)8(7)2/h4,8-11,13-14H,5-6H2,1-3H3/t8-,9-,10+,11-,12+/m0/s1. The molecule has 3 nitrogen and oxygen atoms in total. The first-order valence-corrected chi connectivity index (χ1v) is 5.63. The third-order valence-corrected chi connectivity index (χ3v) is 4.27. The van der Waals surface area contributed by atoms with Gasteiger partial charge in [0.2, 0.25) is 0 Å². The highest BCUT2D eigenvalue weighted by Crippen LogP contribution is 2.41. The molecule has 2 N–H and O–H groups in total. The Kier molecular flexibility index (Phi) is 2.65. The van der Waals surface area contributed by atoms with Crippen molar-refractivity contribution < 1.29 is 14.9 Å². The van der Waals surface area contributed by atoms with E-state index in [4.69, 9.17) is 4.74 Å². The number of hydrogen-bond donors (Lipinski definition) is 2. The molecule has 15 heavy (non-hydrogen) atoms. The fraction of sp³-hybridized carbons (Fsp3) is 0.833. The van der Waals surface area contributed by atoms with Crippen molar-refractivity contribution >= 4 is 0 Å². The van der Waals surface area contributed by atoms with Crippen molar-refractivity contribution in [2.24, 2.45) is 17.8 Å². The van der Waals surface area contributed by atoms with Crippen molar-refractivity contribution in [3.8, 4) is 0 Å². The van der Waals surface area contributed by atoms with Gasteiger partial charge in [-0.3, -0.25) is 0 Å². The zero-order valence-corrected chi connectivity index (χ0v) is 9.60. The van der Waals surface area contributed by atoms with Crippen LogP contribution in [0.2, 0.25) is 0 Å². The molecule has 0 aromatic heterocycles. The van der Waals surface area contributed by atoms with Gasteiger partial charge in [-0.05, 0) is 6.92 Å². The van der Waals surface area contributed by atoms with Gasteiger partial charge in [0, 0.05) is 17.8 Å². The molecule has 2 rings (SSSR count). The summed E-state index contributed by atoms with van der Waals surface area (Å²) in [6.45, 7) is 6.85. The Bertz CT molecular complexity index is 287. The SMILES string of the molecule is CC1=C[C@@H]2COC[C@@]2(O)[C@@H](C)[C@@H](O)[C@H]1C. The minimum absolute atomic E-state index is 0.0344. The first-order valence-electron chi connectivity index (χ1n) is 5.63. The summed E-state index contributed by atoms with van der Waals surface area (Å²) in [5.41, 5.74) is 0.270. The lowest BCUT2D eigenvalue weighted by molar-refractivity contribution is -0.0845. The molecule has 2 aliphatic rings. The van der Waals surface area contributed by atoms with E-state index >= 15 is 0 Å². The van der Waals surface area contributed by atoms with Gasteiger partial charge in [0.1, 0.15) is 5.60 Å². The highest BCUT2D eigenvalue weighted by atomic mass is 16.5. The molecule has 0 amide bonds. The number of hydrogen-bond acceptors (Lipinski definition) is 3. The van der Waals surface area contributed by atoms with E-state index in [9.17, 15) is 10.2 Å². The maximum absolute atomic E-state index is 10.5. The van der Waals surface area contributed by atoms with Crippen LogP contribution >= 0.6 is 0 Å². The first kappa shape index (κ1) is 11.1. The summed E-state index contributed by atoms with van der Waals surface area (Å²) < 4.78 is 5.35. The van der Waals surface area contributed by atoms with Crippen molar-refractivity contribution in [1.29, 1.82) is 0 Å². The average molecular weight is 212 g/mol. The van der Waals surface area contributed by atoms with Crippen LogP contribution in [0.15, 0.2) is 11.6 Å². The lowest BCUT2D eigenvalue weighted by Gasteiger charge is -2.35. The fourth-order valence-electron chi connectivity index (χ4n) is 2.73. The predicted octanol–water partition coefficient (Wildman–Crippen LogP) is 0.957. The van der Waals surface area contributed by atoms with E-state index in [1.165, 1.54) is 0 Å². The van der Waals surface area contributed by atoms with Crippen molar-refractivity contribution in [1.82, 2.24) is 0 Å². The van der Waals surface area contributed by atoms with Crippen molar-refractivity contribution in [2.45, 2.75) is 32.5 Å². The Morgan fingerprint density at radius 1 is 1.47 bits per heavy atom. The second-order valence-electron chi connectivity index (χ2n) is 5.09. The minimum Gasteiger partial charge on any atom is -0.392 e. The second-order valence-corrected chi connectivity index (χ2v) is 5.09. The van der Waals surface area contributed by atoms with E-state index in [1.54, 1.807) is 0 Å². The normalized spacial score (nSPS) is 50.9. The zero-order valence-electron chi connectivity index (χ0n) is 9.60.